The van der Waals surface area contributed by atoms with E-state index in [4.69, 9.17) is 0 Å². The van der Waals surface area contributed by atoms with Crippen molar-refractivity contribution in [3.63, 3.8) is 0 Å². The molecule has 0 aliphatic rings. The fraction of sp³-hybridized carbons (Fsp3) is 0.400. The monoisotopic (exact) mass is 465 g/mol. The molecular weight excluding hydrogens is 430 g/mol. The number of nitrogens with zero attached hydrogens (tertiary/aromatic N) is 5. The van der Waals surface area contributed by atoms with Crippen LogP contribution in [0, 0.1) is 0 Å². The molecule has 0 atom stereocenters. The van der Waals surface area contributed by atoms with Gasteiger partial charge >= 0.3 is 0 Å². The summed E-state index contributed by atoms with van der Waals surface area (Å²) in [7, 11) is 0. The van der Waals surface area contributed by atoms with Crippen LogP contribution >= 0.6 is 11.3 Å². The maximum atomic E-state index is 4.63. The SMILES string of the molecule is C=CCNc1nc(NCC=C)nc(N(CC)CCCN(CC)Cc2cc3ccccc3s2)n1. The lowest BCUT2D eigenvalue weighted by Gasteiger charge is -2.24. The van der Waals surface area contributed by atoms with E-state index >= 15 is 0 Å². The highest BCUT2D eigenvalue weighted by molar-refractivity contribution is 7.19. The lowest BCUT2D eigenvalue weighted by Crippen LogP contribution is -2.31. The second-order valence-electron chi connectivity index (χ2n) is 7.67. The fourth-order valence-corrected chi connectivity index (χ4v) is 4.67. The van der Waals surface area contributed by atoms with Crippen molar-refractivity contribution in [2.75, 3.05) is 54.8 Å². The van der Waals surface area contributed by atoms with Crippen LogP contribution in [0.4, 0.5) is 17.8 Å². The van der Waals surface area contributed by atoms with Crippen LogP contribution in [0.1, 0.15) is 25.1 Å². The van der Waals surface area contributed by atoms with E-state index in [1.807, 2.05) is 11.3 Å². The summed E-state index contributed by atoms with van der Waals surface area (Å²) in [6.45, 7) is 17.8. The van der Waals surface area contributed by atoms with Crippen LogP contribution in [0.25, 0.3) is 10.1 Å². The molecule has 1 aromatic carbocycles. The number of hydrogen-bond donors (Lipinski definition) is 2. The summed E-state index contributed by atoms with van der Waals surface area (Å²) in [5.74, 6) is 1.77. The second-order valence-corrected chi connectivity index (χ2v) is 8.84. The minimum absolute atomic E-state index is 0.546. The summed E-state index contributed by atoms with van der Waals surface area (Å²) >= 11 is 1.89. The third-order valence-electron chi connectivity index (χ3n) is 5.30. The molecule has 0 aliphatic carbocycles. The van der Waals surface area contributed by atoms with Gasteiger partial charge in [0.2, 0.25) is 17.8 Å². The molecule has 0 saturated carbocycles. The molecule has 176 valence electrons. The molecule has 7 nitrogen and oxygen atoms in total. The maximum absolute atomic E-state index is 4.63. The number of fused-ring (bicyclic) bond motifs is 1. The van der Waals surface area contributed by atoms with Crippen LogP contribution in [0.15, 0.2) is 55.6 Å². The van der Waals surface area contributed by atoms with Crippen molar-refractivity contribution < 1.29 is 0 Å². The number of aromatic nitrogens is 3. The first kappa shape index (κ1) is 24.7. The molecule has 3 aromatic rings. The van der Waals surface area contributed by atoms with Crippen molar-refractivity contribution in [1.82, 2.24) is 19.9 Å². The molecule has 8 heteroatoms. The third-order valence-corrected chi connectivity index (χ3v) is 6.40. The summed E-state index contributed by atoms with van der Waals surface area (Å²) < 4.78 is 1.36. The predicted octanol–water partition coefficient (Wildman–Crippen LogP) is 5.02. The Hall–Kier alpha value is -2.97. The minimum atomic E-state index is 0.546. The van der Waals surface area contributed by atoms with Gasteiger partial charge in [0.05, 0.1) is 0 Å². The van der Waals surface area contributed by atoms with Gasteiger partial charge in [-0.05, 0) is 37.4 Å². The number of hydrogen-bond acceptors (Lipinski definition) is 8. The van der Waals surface area contributed by atoms with Gasteiger partial charge in [-0.2, -0.15) is 15.0 Å². The van der Waals surface area contributed by atoms with Crippen LogP contribution in [0.3, 0.4) is 0 Å². The van der Waals surface area contributed by atoms with Gasteiger partial charge in [-0.1, -0.05) is 37.3 Å². The van der Waals surface area contributed by atoms with Crippen LogP contribution in [-0.4, -0.2) is 59.1 Å². The average molecular weight is 466 g/mol. The molecule has 0 spiro atoms. The molecule has 0 unspecified atom stereocenters. The van der Waals surface area contributed by atoms with E-state index in [1.54, 1.807) is 12.2 Å². The van der Waals surface area contributed by atoms with Crippen molar-refractivity contribution in [1.29, 1.82) is 0 Å². The first-order chi connectivity index (χ1) is 16.2. The first-order valence-electron chi connectivity index (χ1n) is 11.6. The van der Waals surface area contributed by atoms with Crippen LogP contribution < -0.4 is 15.5 Å². The van der Waals surface area contributed by atoms with Crippen LogP contribution in [0.2, 0.25) is 0 Å². The highest BCUT2D eigenvalue weighted by Gasteiger charge is 2.13. The molecule has 2 heterocycles. The number of nitrogens with one attached hydrogen (secondary N) is 2. The second kappa shape index (κ2) is 12.9. The molecule has 2 N–H and O–H groups in total. The Balaban J connectivity index is 1.61. The molecule has 0 bridgehead atoms. The lowest BCUT2D eigenvalue weighted by atomic mass is 10.2. The van der Waals surface area contributed by atoms with E-state index in [0.717, 1.165) is 39.1 Å². The van der Waals surface area contributed by atoms with E-state index < -0.39 is 0 Å². The Morgan fingerprint density at radius 1 is 0.939 bits per heavy atom. The summed E-state index contributed by atoms with van der Waals surface area (Å²) in [5, 5.41) is 7.68. The molecule has 0 aliphatic heterocycles. The van der Waals surface area contributed by atoms with Crippen molar-refractivity contribution in [2.45, 2.75) is 26.8 Å². The highest BCUT2D eigenvalue weighted by atomic mass is 32.1. The zero-order valence-electron chi connectivity index (χ0n) is 19.8. The van der Waals surface area contributed by atoms with Gasteiger partial charge in [-0.3, -0.25) is 4.90 Å². The molecule has 0 radical (unpaired) electrons. The zero-order chi connectivity index (χ0) is 23.5. The Bertz CT molecular complexity index is 969. The highest BCUT2D eigenvalue weighted by Crippen LogP contribution is 2.26. The van der Waals surface area contributed by atoms with Gasteiger partial charge in [0.25, 0.3) is 0 Å². The summed E-state index contributed by atoms with van der Waals surface area (Å²) in [6, 6.07) is 10.9. The largest absolute Gasteiger partial charge is 0.351 e. The lowest BCUT2D eigenvalue weighted by molar-refractivity contribution is 0.279. The van der Waals surface area contributed by atoms with Gasteiger partial charge < -0.3 is 15.5 Å². The number of anilines is 3. The third kappa shape index (κ3) is 7.27. The molecule has 0 fully saturated rings. The maximum Gasteiger partial charge on any atom is 0.231 e. The fourth-order valence-electron chi connectivity index (χ4n) is 3.56. The standard InChI is InChI=1S/C25H35N7S/c1-5-14-26-23-28-24(27-15-6-2)30-25(29-23)32(8-4)17-11-16-31(7-3)19-21-18-20-12-9-10-13-22(20)33-21/h5-6,9-10,12-13,18H,1-2,7-8,11,14-17,19H2,3-4H3,(H2,26,27,28,29,30). The topological polar surface area (TPSA) is 69.2 Å². The number of rotatable bonds is 15. The molecule has 2 aromatic heterocycles. The van der Waals surface area contributed by atoms with Crippen LogP contribution in [0.5, 0.6) is 0 Å². The van der Waals surface area contributed by atoms with E-state index in [2.05, 4.69) is 92.7 Å². The summed E-state index contributed by atoms with van der Waals surface area (Å²) in [4.78, 5) is 19.8. The Morgan fingerprint density at radius 3 is 2.24 bits per heavy atom. The number of benzene rings is 1. The quantitative estimate of drug-likeness (QED) is 0.305. The summed E-state index contributed by atoms with van der Waals surface area (Å²) in [6.07, 6.45) is 4.60. The van der Waals surface area contributed by atoms with E-state index in [0.29, 0.717) is 30.9 Å². The Kier molecular flexibility index (Phi) is 9.65. The van der Waals surface area contributed by atoms with Gasteiger partial charge in [0.15, 0.2) is 0 Å². The van der Waals surface area contributed by atoms with Crippen LogP contribution in [-0.2, 0) is 6.54 Å². The smallest absolute Gasteiger partial charge is 0.231 e. The Labute approximate surface area is 201 Å². The van der Waals surface area contributed by atoms with Gasteiger partial charge in [-0.25, -0.2) is 0 Å². The van der Waals surface area contributed by atoms with Gasteiger partial charge in [0, 0.05) is 48.8 Å². The number of thiophene rings is 1. The minimum Gasteiger partial charge on any atom is -0.351 e. The molecule has 3 rings (SSSR count). The van der Waals surface area contributed by atoms with Crippen molar-refractivity contribution in [3.05, 3.63) is 60.5 Å². The van der Waals surface area contributed by atoms with E-state index in [9.17, 15) is 0 Å². The van der Waals surface area contributed by atoms with E-state index in [-0.39, 0.29) is 0 Å². The molecule has 33 heavy (non-hydrogen) atoms. The average Bonchev–Trinajstić information content (AvgIpc) is 3.25. The zero-order valence-corrected chi connectivity index (χ0v) is 20.6. The van der Waals surface area contributed by atoms with Gasteiger partial charge in [-0.15, -0.1) is 24.5 Å². The summed E-state index contributed by atoms with van der Waals surface area (Å²) in [5.41, 5.74) is 0. The van der Waals surface area contributed by atoms with Gasteiger partial charge in [0.1, 0.15) is 0 Å². The van der Waals surface area contributed by atoms with Crippen molar-refractivity contribution in [3.8, 4) is 0 Å². The Morgan fingerprint density at radius 2 is 1.64 bits per heavy atom. The van der Waals surface area contributed by atoms with E-state index in [1.165, 1.54) is 15.0 Å². The molecule has 0 amide bonds. The van der Waals surface area contributed by atoms with Crippen molar-refractivity contribution >= 4 is 39.3 Å². The molecule has 0 saturated heterocycles. The normalized spacial score (nSPS) is 11.0. The van der Waals surface area contributed by atoms with Crippen molar-refractivity contribution in [2.24, 2.45) is 0 Å². The first-order valence-corrected chi connectivity index (χ1v) is 12.4. The predicted molar refractivity (Wildman–Crippen MR) is 142 cm³/mol. The molecular formula is C25H35N7S.